The van der Waals surface area contributed by atoms with Crippen LogP contribution in [0.15, 0.2) is 24.3 Å². The maximum absolute atomic E-state index is 11.9. The molecule has 0 heterocycles. The van der Waals surface area contributed by atoms with Crippen molar-refractivity contribution in [3.8, 4) is 5.75 Å². The zero-order valence-corrected chi connectivity index (χ0v) is 10.1. The average Bonchev–Trinajstić information content (AvgIpc) is 2.29. The van der Waals surface area contributed by atoms with Crippen molar-refractivity contribution in [2.45, 2.75) is 39.5 Å². The van der Waals surface area contributed by atoms with Crippen LogP contribution in [0, 0.1) is 5.92 Å². The van der Waals surface area contributed by atoms with Gasteiger partial charge in [-0.05, 0) is 30.2 Å². The average molecular weight is 220 g/mol. The maximum Gasteiger partial charge on any atom is 0.163 e. The van der Waals surface area contributed by atoms with Gasteiger partial charge >= 0.3 is 0 Å². The first-order valence-corrected chi connectivity index (χ1v) is 5.99. The van der Waals surface area contributed by atoms with E-state index in [9.17, 15) is 4.79 Å². The number of hydrogen-bond donors (Lipinski definition) is 1. The number of Topliss-reactive ketones (excluding diaryl/α,β-unsaturated/α-hetero) is 1. The molecule has 0 fully saturated rings. The summed E-state index contributed by atoms with van der Waals surface area (Å²) in [5, 5.41) is 9.14. The third kappa shape index (κ3) is 3.69. The molecule has 1 aromatic rings. The van der Waals surface area contributed by atoms with Crippen LogP contribution in [0.1, 0.15) is 49.9 Å². The Kier molecular flexibility index (Phi) is 5.03. The molecule has 1 rings (SSSR count). The van der Waals surface area contributed by atoms with Gasteiger partial charge in [0.1, 0.15) is 5.75 Å². The largest absolute Gasteiger partial charge is 0.508 e. The third-order valence-corrected chi connectivity index (χ3v) is 2.94. The molecule has 0 aromatic heterocycles. The Morgan fingerprint density at radius 3 is 2.38 bits per heavy atom. The molecule has 0 saturated heterocycles. The van der Waals surface area contributed by atoms with Crippen LogP contribution in [0.5, 0.6) is 5.75 Å². The van der Waals surface area contributed by atoms with Crippen LogP contribution in [-0.4, -0.2) is 10.9 Å². The Hall–Kier alpha value is -1.31. The SMILES string of the molecule is CCC[C@H](CC)CC(=O)c1ccc(O)cc1. The van der Waals surface area contributed by atoms with Crippen molar-refractivity contribution in [1.29, 1.82) is 0 Å². The smallest absolute Gasteiger partial charge is 0.163 e. The van der Waals surface area contributed by atoms with E-state index in [2.05, 4.69) is 13.8 Å². The molecule has 0 aliphatic heterocycles. The highest BCUT2D eigenvalue weighted by Gasteiger charge is 2.12. The van der Waals surface area contributed by atoms with Gasteiger partial charge in [-0.15, -0.1) is 0 Å². The number of carbonyl (C=O) groups excluding carboxylic acids is 1. The molecule has 1 aromatic carbocycles. The van der Waals surface area contributed by atoms with E-state index in [4.69, 9.17) is 5.11 Å². The second-order valence-electron chi connectivity index (χ2n) is 4.24. The number of ketones is 1. The summed E-state index contributed by atoms with van der Waals surface area (Å²) >= 11 is 0. The molecule has 2 heteroatoms. The van der Waals surface area contributed by atoms with Gasteiger partial charge in [0.15, 0.2) is 5.78 Å². The standard InChI is InChI=1S/C14H20O2/c1-3-5-11(4-2)10-14(16)12-6-8-13(15)9-7-12/h6-9,11,15H,3-5,10H2,1-2H3/t11-/m0/s1. The Bertz CT molecular complexity index is 327. The third-order valence-electron chi connectivity index (χ3n) is 2.94. The molecule has 2 nitrogen and oxygen atoms in total. The zero-order valence-electron chi connectivity index (χ0n) is 10.1. The summed E-state index contributed by atoms with van der Waals surface area (Å²) in [7, 11) is 0. The number of phenolic OH excluding ortho intramolecular Hbond substituents is 1. The molecule has 0 aliphatic rings. The topological polar surface area (TPSA) is 37.3 Å². The number of carbonyl (C=O) groups is 1. The van der Waals surface area contributed by atoms with E-state index in [1.54, 1.807) is 24.3 Å². The van der Waals surface area contributed by atoms with Crippen LogP contribution >= 0.6 is 0 Å². The fraction of sp³-hybridized carbons (Fsp3) is 0.500. The fourth-order valence-electron chi connectivity index (χ4n) is 1.89. The fourth-order valence-corrected chi connectivity index (χ4v) is 1.89. The summed E-state index contributed by atoms with van der Waals surface area (Å²) in [6.07, 6.45) is 3.91. The van der Waals surface area contributed by atoms with E-state index in [1.165, 1.54) is 0 Å². The van der Waals surface area contributed by atoms with E-state index in [-0.39, 0.29) is 11.5 Å². The van der Waals surface area contributed by atoms with Crippen molar-refractivity contribution in [2.24, 2.45) is 5.92 Å². The summed E-state index contributed by atoms with van der Waals surface area (Å²) in [6.45, 7) is 4.28. The number of rotatable bonds is 6. The molecule has 0 unspecified atom stereocenters. The lowest BCUT2D eigenvalue weighted by Gasteiger charge is -2.12. The quantitative estimate of drug-likeness (QED) is 0.740. The lowest BCUT2D eigenvalue weighted by molar-refractivity contribution is 0.0957. The van der Waals surface area contributed by atoms with Gasteiger partial charge in [-0.2, -0.15) is 0 Å². The lowest BCUT2D eigenvalue weighted by Crippen LogP contribution is -2.08. The van der Waals surface area contributed by atoms with Crippen molar-refractivity contribution in [3.05, 3.63) is 29.8 Å². The van der Waals surface area contributed by atoms with E-state index >= 15 is 0 Å². The van der Waals surface area contributed by atoms with Gasteiger partial charge in [-0.1, -0.05) is 33.1 Å². The van der Waals surface area contributed by atoms with E-state index in [1.807, 2.05) is 0 Å². The first-order chi connectivity index (χ1) is 7.67. The first kappa shape index (κ1) is 12.8. The van der Waals surface area contributed by atoms with Crippen LogP contribution < -0.4 is 0 Å². The summed E-state index contributed by atoms with van der Waals surface area (Å²) in [5.74, 6) is 0.878. The number of phenols is 1. The number of aromatic hydroxyl groups is 1. The lowest BCUT2D eigenvalue weighted by atomic mass is 9.92. The van der Waals surface area contributed by atoms with Crippen LogP contribution in [0.25, 0.3) is 0 Å². The second-order valence-corrected chi connectivity index (χ2v) is 4.24. The predicted octanol–water partition coefficient (Wildman–Crippen LogP) is 3.79. The molecule has 16 heavy (non-hydrogen) atoms. The Morgan fingerprint density at radius 1 is 1.25 bits per heavy atom. The molecule has 88 valence electrons. The van der Waals surface area contributed by atoms with Gasteiger partial charge in [0.05, 0.1) is 0 Å². The molecule has 0 spiro atoms. The Labute approximate surface area is 97.3 Å². The molecule has 0 amide bonds. The number of hydrogen-bond acceptors (Lipinski definition) is 2. The van der Waals surface area contributed by atoms with E-state index < -0.39 is 0 Å². The molecular weight excluding hydrogens is 200 g/mol. The maximum atomic E-state index is 11.9. The van der Waals surface area contributed by atoms with E-state index in [0.29, 0.717) is 17.9 Å². The second kappa shape index (κ2) is 6.31. The molecule has 0 aliphatic carbocycles. The van der Waals surface area contributed by atoms with Gasteiger partial charge in [0, 0.05) is 12.0 Å². The summed E-state index contributed by atoms with van der Waals surface area (Å²) in [4.78, 5) is 11.9. The molecule has 0 radical (unpaired) electrons. The van der Waals surface area contributed by atoms with Crippen molar-refractivity contribution >= 4 is 5.78 Å². The van der Waals surface area contributed by atoms with Gasteiger partial charge in [-0.25, -0.2) is 0 Å². The normalized spacial score (nSPS) is 12.4. The zero-order chi connectivity index (χ0) is 12.0. The van der Waals surface area contributed by atoms with Crippen molar-refractivity contribution in [1.82, 2.24) is 0 Å². The van der Waals surface area contributed by atoms with Crippen molar-refractivity contribution in [2.75, 3.05) is 0 Å². The van der Waals surface area contributed by atoms with Gasteiger partial charge in [0.25, 0.3) is 0 Å². The molecular formula is C14H20O2. The highest BCUT2D eigenvalue weighted by atomic mass is 16.3. The van der Waals surface area contributed by atoms with Gasteiger partial charge in [-0.3, -0.25) is 4.79 Å². The van der Waals surface area contributed by atoms with Crippen LogP contribution in [0.3, 0.4) is 0 Å². The number of benzene rings is 1. The summed E-state index contributed by atoms with van der Waals surface area (Å²) in [6, 6.07) is 6.51. The van der Waals surface area contributed by atoms with Gasteiger partial charge in [0.2, 0.25) is 0 Å². The highest BCUT2D eigenvalue weighted by molar-refractivity contribution is 5.96. The highest BCUT2D eigenvalue weighted by Crippen LogP contribution is 2.19. The molecule has 1 N–H and O–H groups in total. The van der Waals surface area contributed by atoms with Crippen LogP contribution in [-0.2, 0) is 0 Å². The Balaban J connectivity index is 2.60. The first-order valence-electron chi connectivity index (χ1n) is 5.99. The van der Waals surface area contributed by atoms with Crippen molar-refractivity contribution in [3.63, 3.8) is 0 Å². The molecule has 1 atom stereocenters. The minimum atomic E-state index is 0.181. The van der Waals surface area contributed by atoms with Crippen LogP contribution in [0.2, 0.25) is 0 Å². The predicted molar refractivity (Wildman–Crippen MR) is 65.7 cm³/mol. The van der Waals surface area contributed by atoms with Gasteiger partial charge < -0.3 is 5.11 Å². The molecule has 0 saturated carbocycles. The molecule has 0 bridgehead atoms. The van der Waals surface area contributed by atoms with Crippen LogP contribution in [0.4, 0.5) is 0 Å². The summed E-state index contributed by atoms with van der Waals surface area (Å²) < 4.78 is 0. The van der Waals surface area contributed by atoms with Crippen molar-refractivity contribution < 1.29 is 9.90 Å². The minimum Gasteiger partial charge on any atom is -0.508 e. The monoisotopic (exact) mass is 220 g/mol. The van der Waals surface area contributed by atoms with E-state index in [0.717, 1.165) is 19.3 Å². The Morgan fingerprint density at radius 2 is 1.88 bits per heavy atom. The minimum absolute atomic E-state index is 0.181. The summed E-state index contributed by atoms with van der Waals surface area (Å²) in [5.41, 5.74) is 0.701.